The molecule has 0 bridgehead atoms. The predicted octanol–water partition coefficient (Wildman–Crippen LogP) is 11.7. The second kappa shape index (κ2) is 18.7. The average Bonchev–Trinajstić information content (AvgIpc) is 3.17. The fourth-order valence-corrected chi connectivity index (χ4v) is 7.50. The predicted molar refractivity (Wildman–Crippen MR) is 192 cm³/mol. The number of Topliss-reactive ketones (excluding diaryl/α,β-unsaturated/α-hetero) is 1. The van der Waals surface area contributed by atoms with Crippen LogP contribution in [0.5, 0.6) is 0 Å². The molecule has 0 radical (unpaired) electrons. The Morgan fingerprint density at radius 1 is 1.06 bits per heavy atom. The molecule has 2 fully saturated rings. The standard InChI is InChI=1S/C22H20ClF3NOP.C8H16O2.C5H10.C3H6O/c1-12-5-4-6-16(14(12)3)20-17-9-15(23)7-8-18(17)27-19(10-28-20)29-11-13(2)21(27)22(24,25)26;1-2-7-4-3-5-8(6-7)10-9;1-5-3-2-4-5;1-3(2)4/h4-9,20H,10-11H2,1-3H3;7-9H,2-6H2,1H3;5H,2-4H2,1H3;1-2H3. The summed E-state index contributed by atoms with van der Waals surface area (Å²) in [5, 5.41) is 8.87. The minimum Gasteiger partial charge on any atom is -0.362 e. The van der Waals surface area contributed by atoms with Crippen LogP contribution in [0.3, 0.4) is 0 Å². The van der Waals surface area contributed by atoms with Gasteiger partial charge in [0.2, 0.25) is 0 Å². The summed E-state index contributed by atoms with van der Waals surface area (Å²) in [5.41, 5.74) is 4.55. The zero-order chi connectivity index (χ0) is 35.6. The highest BCUT2D eigenvalue weighted by Crippen LogP contribution is 2.46. The average molecular weight is 710 g/mol. The summed E-state index contributed by atoms with van der Waals surface area (Å²) in [6, 6.07) is 11.0. The largest absolute Gasteiger partial charge is 0.431 e. The van der Waals surface area contributed by atoms with Gasteiger partial charge in [0.05, 0.1) is 23.8 Å². The topological polar surface area (TPSA) is 59.0 Å². The van der Waals surface area contributed by atoms with Gasteiger partial charge in [0.25, 0.3) is 0 Å². The highest BCUT2D eigenvalue weighted by molar-refractivity contribution is 7.41. The number of nitrogens with zero attached hydrogens (tertiary/aromatic N) is 1. The second-order valence-corrected chi connectivity index (χ2v) is 15.1. The van der Waals surface area contributed by atoms with Gasteiger partial charge in [-0.15, -0.1) is 0 Å². The summed E-state index contributed by atoms with van der Waals surface area (Å²) in [4.78, 5) is 15.1. The molecule has 0 saturated heterocycles. The Morgan fingerprint density at radius 3 is 2.27 bits per heavy atom. The number of anilines is 1. The lowest BCUT2D eigenvalue weighted by Gasteiger charge is -2.34. The molecule has 266 valence electrons. The quantitative estimate of drug-likeness (QED) is 0.195. The van der Waals surface area contributed by atoms with Crippen molar-refractivity contribution in [1.82, 2.24) is 0 Å². The normalized spacial score (nSPS) is 22.5. The van der Waals surface area contributed by atoms with Gasteiger partial charge in [-0.05, 0) is 99.8 Å². The van der Waals surface area contributed by atoms with Gasteiger partial charge in [-0.3, -0.25) is 5.26 Å². The lowest BCUT2D eigenvalue weighted by molar-refractivity contribution is -0.286. The maximum absolute atomic E-state index is 14.0. The van der Waals surface area contributed by atoms with Crippen LogP contribution in [0.15, 0.2) is 47.7 Å². The minimum atomic E-state index is -4.46. The van der Waals surface area contributed by atoms with E-state index in [1.165, 1.54) is 57.3 Å². The highest BCUT2D eigenvalue weighted by Gasteiger charge is 2.44. The molecule has 3 atom stereocenters. The molecule has 2 aromatic carbocycles. The molecule has 0 amide bonds. The van der Waals surface area contributed by atoms with E-state index in [2.05, 4.69) is 18.7 Å². The Labute approximate surface area is 291 Å². The SMILES string of the molecule is CC(C)=O.CC1=C(C(F)(F)F)N2C(=PC1)COC(c1cccc(C)c1C)c1cc(Cl)ccc12.CC1CCC1.CCC1CCCC(OO)C1. The van der Waals surface area contributed by atoms with E-state index in [9.17, 15) is 18.0 Å². The van der Waals surface area contributed by atoms with Gasteiger partial charge in [0, 0.05) is 16.7 Å². The molecule has 2 saturated carbocycles. The Bertz CT molecular complexity index is 1430. The van der Waals surface area contributed by atoms with Gasteiger partial charge in [0.15, 0.2) is 0 Å². The van der Waals surface area contributed by atoms with Crippen molar-refractivity contribution >= 4 is 36.7 Å². The van der Waals surface area contributed by atoms with Crippen molar-refractivity contribution in [1.29, 1.82) is 0 Å². The summed E-state index contributed by atoms with van der Waals surface area (Å²) in [5.74, 6) is 2.01. The fraction of sp³-hybridized carbons (Fsp3) is 0.579. The third-order valence-electron chi connectivity index (χ3n) is 9.33. The Kier molecular flexibility index (Phi) is 15.7. The fourth-order valence-electron chi connectivity index (χ4n) is 6.24. The first-order valence-electron chi connectivity index (χ1n) is 17.0. The van der Waals surface area contributed by atoms with Crippen LogP contribution in [0.2, 0.25) is 5.02 Å². The molecule has 0 aromatic heterocycles. The van der Waals surface area contributed by atoms with Gasteiger partial charge >= 0.3 is 6.18 Å². The number of benzene rings is 2. The zero-order valence-corrected chi connectivity index (χ0v) is 31.1. The number of hydrogen-bond donors (Lipinski definition) is 1. The van der Waals surface area contributed by atoms with Gasteiger partial charge in [0.1, 0.15) is 17.6 Å². The number of allylic oxidation sites excluding steroid dienone is 2. The lowest BCUT2D eigenvalue weighted by Crippen LogP contribution is -2.40. The molecule has 0 spiro atoms. The molecule has 48 heavy (non-hydrogen) atoms. The number of carbonyl (C=O) groups is 1. The molecule has 10 heteroatoms. The van der Waals surface area contributed by atoms with Crippen molar-refractivity contribution < 1.29 is 32.8 Å². The van der Waals surface area contributed by atoms with Crippen molar-refractivity contribution in [3.63, 3.8) is 0 Å². The molecule has 2 aromatic rings. The van der Waals surface area contributed by atoms with Crippen molar-refractivity contribution in [3.05, 3.63) is 74.9 Å². The maximum atomic E-state index is 14.0. The monoisotopic (exact) mass is 709 g/mol. The third kappa shape index (κ3) is 11.1. The smallest absolute Gasteiger partial charge is 0.362 e. The lowest BCUT2D eigenvalue weighted by atomic mass is 9.86. The number of alkyl halides is 3. The van der Waals surface area contributed by atoms with Crippen LogP contribution in [0.1, 0.15) is 114 Å². The van der Waals surface area contributed by atoms with E-state index in [-0.39, 0.29) is 18.5 Å². The van der Waals surface area contributed by atoms with E-state index in [0.717, 1.165) is 49.6 Å². The maximum Gasteiger partial charge on any atom is 0.431 e. The van der Waals surface area contributed by atoms with E-state index in [0.29, 0.717) is 33.4 Å². The Hall–Kier alpha value is -2.22. The molecule has 1 N–H and O–H groups in total. The van der Waals surface area contributed by atoms with Gasteiger partial charge < -0.3 is 14.4 Å². The number of rotatable bonds is 3. The van der Waals surface area contributed by atoms with E-state index >= 15 is 0 Å². The van der Waals surface area contributed by atoms with Crippen LogP contribution in [-0.4, -0.2) is 41.5 Å². The molecular formula is C38H52ClF3NO4P. The molecule has 2 heterocycles. The number of ketones is 1. The van der Waals surface area contributed by atoms with Crippen LogP contribution < -0.4 is 4.90 Å². The molecule has 2 aliphatic carbocycles. The van der Waals surface area contributed by atoms with Crippen molar-refractivity contribution in [3.8, 4) is 0 Å². The summed E-state index contributed by atoms with van der Waals surface area (Å²) in [7, 11) is 0.819. The van der Waals surface area contributed by atoms with E-state index in [4.69, 9.17) is 21.6 Å². The Morgan fingerprint density at radius 2 is 1.71 bits per heavy atom. The van der Waals surface area contributed by atoms with Gasteiger partial charge in [-0.25, -0.2) is 4.89 Å². The number of ether oxygens (including phenoxy) is 1. The summed E-state index contributed by atoms with van der Waals surface area (Å²) in [6.45, 7) is 13.3. The van der Waals surface area contributed by atoms with Gasteiger partial charge in [-0.1, -0.05) is 90.4 Å². The number of halogens is 4. The van der Waals surface area contributed by atoms with Crippen LogP contribution in [0.4, 0.5) is 18.9 Å². The number of carbonyl (C=O) groups excluding carboxylic acids is 1. The first kappa shape index (κ1) is 40.2. The molecule has 5 nitrogen and oxygen atoms in total. The van der Waals surface area contributed by atoms with E-state index in [1.54, 1.807) is 25.1 Å². The number of fused-ring (bicyclic) bond motifs is 3. The first-order chi connectivity index (χ1) is 22.7. The van der Waals surface area contributed by atoms with Crippen molar-refractivity contribution in [2.24, 2.45) is 11.8 Å². The van der Waals surface area contributed by atoms with E-state index < -0.39 is 18.0 Å². The van der Waals surface area contributed by atoms with Crippen LogP contribution in [-0.2, 0) is 14.4 Å². The zero-order valence-electron chi connectivity index (χ0n) is 29.4. The molecule has 4 aliphatic rings. The summed E-state index contributed by atoms with van der Waals surface area (Å²) >= 11 is 6.27. The van der Waals surface area contributed by atoms with E-state index in [1.807, 2.05) is 32.0 Å². The minimum absolute atomic E-state index is 0.124. The Balaban J connectivity index is 0.000000266. The molecule has 3 unspecified atom stereocenters. The summed E-state index contributed by atoms with van der Waals surface area (Å²) in [6.07, 6.45) is 5.81. The third-order valence-corrected chi connectivity index (χ3v) is 10.9. The van der Waals surface area contributed by atoms with Crippen molar-refractivity contribution in [2.75, 3.05) is 17.7 Å². The van der Waals surface area contributed by atoms with Crippen molar-refractivity contribution in [2.45, 2.75) is 118 Å². The number of aryl methyl sites for hydroxylation is 1. The second-order valence-electron chi connectivity index (χ2n) is 13.5. The molecule has 2 aliphatic heterocycles. The van der Waals surface area contributed by atoms with Crippen LogP contribution in [0, 0.1) is 25.7 Å². The van der Waals surface area contributed by atoms with Crippen LogP contribution >= 0.6 is 19.8 Å². The van der Waals surface area contributed by atoms with Gasteiger partial charge in [-0.2, -0.15) is 13.2 Å². The molecular weight excluding hydrogens is 658 g/mol. The first-order valence-corrected chi connectivity index (χ1v) is 18.5. The molecule has 6 rings (SSSR count). The number of hydrogen-bond acceptors (Lipinski definition) is 5. The highest BCUT2D eigenvalue weighted by atomic mass is 35.5. The summed E-state index contributed by atoms with van der Waals surface area (Å²) < 4.78 is 48.3. The van der Waals surface area contributed by atoms with Crippen LogP contribution in [0.25, 0.3) is 0 Å².